The summed E-state index contributed by atoms with van der Waals surface area (Å²) in [6.45, 7) is 7.90. The van der Waals surface area contributed by atoms with E-state index < -0.39 is 0 Å². The van der Waals surface area contributed by atoms with Gasteiger partial charge in [0.05, 0.1) is 118 Å². The predicted octanol–water partition coefficient (Wildman–Crippen LogP) is 4.58. The van der Waals surface area contributed by atoms with Crippen LogP contribution in [0.5, 0.6) is 0 Å². The Balaban J connectivity index is 0.830. The number of nitrogens with zero attached hydrogens (tertiary/aromatic N) is 1. The molecule has 1 heterocycles. The van der Waals surface area contributed by atoms with Crippen molar-refractivity contribution in [3.63, 3.8) is 0 Å². The zero-order valence-corrected chi connectivity index (χ0v) is 35.6. The number of ether oxygens (including phenoxy) is 9. The van der Waals surface area contributed by atoms with Gasteiger partial charge in [-0.1, -0.05) is 54.3 Å². The van der Waals surface area contributed by atoms with Crippen molar-refractivity contribution in [1.29, 1.82) is 0 Å². The number of carbonyl (C=O) groups excluding carboxylic acids is 3. The zero-order chi connectivity index (χ0) is 42.8. The molecule has 0 radical (unpaired) electrons. The average Bonchev–Trinajstić information content (AvgIpc) is 3.25. The van der Waals surface area contributed by atoms with Crippen LogP contribution >= 0.6 is 0 Å². The van der Waals surface area contributed by atoms with Gasteiger partial charge in [0.1, 0.15) is 6.10 Å². The lowest BCUT2D eigenvalue weighted by Gasteiger charge is -2.26. The maximum absolute atomic E-state index is 13.3. The first-order valence-corrected chi connectivity index (χ1v) is 21.6. The number of benzene rings is 2. The third-order valence-corrected chi connectivity index (χ3v) is 9.42. The van der Waals surface area contributed by atoms with Gasteiger partial charge in [-0.2, -0.15) is 0 Å². The fourth-order valence-corrected chi connectivity index (χ4v) is 6.21. The average molecular weight is 852 g/mol. The van der Waals surface area contributed by atoms with Crippen LogP contribution in [0.1, 0.15) is 61.6 Å². The molecule has 336 valence electrons. The molecule has 2 aromatic rings. The standard InChI is InChI=1S/C46H65N3O12/c50-44(47-20-18-45(51)49-38-41-12-7-6-10-39(41)16-17-40-11-8-9-15-43(40)49)19-22-53-24-26-55-28-30-57-32-34-59-36-37-60-35-33-58-31-29-56-27-25-54-23-21-48-46(52)61-42-13-4-2-1-3-5-14-42/h1-2,6-12,15,42H,3-5,13-14,18-38H2,(H,47,50)(H,48,52)/b2-1-. The van der Waals surface area contributed by atoms with Crippen LogP contribution in [0.15, 0.2) is 60.7 Å². The van der Waals surface area contributed by atoms with Crippen LogP contribution in [-0.2, 0) is 58.8 Å². The van der Waals surface area contributed by atoms with Gasteiger partial charge >= 0.3 is 6.09 Å². The van der Waals surface area contributed by atoms with Gasteiger partial charge in [0, 0.05) is 37.1 Å². The molecular formula is C46H65N3O12. The Bertz CT molecular complexity index is 1630. The monoisotopic (exact) mass is 851 g/mol. The highest BCUT2D eigenvalue weighted by atomic mass is 16.6. The number of amides is 3. The number of anilines is 1. The van der Waals surface area contributed by atoms with E-state index in [-0.39, 0.29) is 50.0 Å². The third kappa shape index (κ3) is 22.3. The molecule has 4 rings (SSSR count). The predicted molar refractivity (Wildman–Crippen MR) is 229 cm³/mol. The van der Waals surface area contributed by atoms with Gasteiger partial charge in [-0.05, 0) is 55.9 Å². The molecule has 0 bridgehead atoms. The first kappa shape index (κ1) is 49.3. The summed E-state index contributed by atoms with van der Waals surface area (Å²) in [5, 5.41) is 5.56. The Kier molecular flexibility index (Phi) is 26.1. The van der Waals surface area contributed by atoms with E-state index in [1.807, 2.05) is 48.5 Å². The fourth-order valence-electron chi connectivity index (χ4n) is 6.21. The molecule has 2 N–H and O–H groups in total. The molecule has 0 fully saturated rings. The highest BCUT2D eigenvalue weighted by molar-refractivity contribution is 5.95. The van der Waals surface area contributed by atoms with Crippen LogP contribution in [0.25, 0.3) is 0 Å². The number of para-hydroxylation sites is 1. The number of rotatable bonds is 31. The number of carbonyl (C=O) groups is 3. The van der Waals surface area contributed by atoms with Gasteiger partial charge in [-0.15, -0.1) is 0 Å². The van der Waals surface area contributed by atoms with Gasteiger partial charge in [0.2, 0.25) is 11.8 Å². The van der Waals surface area contributed by atoms with Gasteiger partial charge in [0.15, 0.2) is 0 Å². The van der Waals surface area contributed by atoms with Gasteiger partial charge in [-0.3, -0.25) is 9.59 Å². The van der Waals surface area contributed by atoms with E-state index in [4.69, 9.17) is 42.6 Å². The van der Waals surface area contributed by atoms with Crippen molar-refractivity contribution >= 4 is 23.6 Å². The van der Waals surface area contributed by atoms with Crippen molar-refractivity contribution in [2.75, 3.05) is 124 Å². The maximum atomic E-state index is 13.3. The second-order valence-electron chi connectivity index (χ2n) is 14.1. The zero-order valence-electron chi connectivity index (χ0n) is 35.6. The number of nitrogens with one attached hydrogen (secondary N) is 2. The molecule has 1 aliphatic heterocycles. The molecule has 1 atom stereocenters. The molecule has 2 aliphatic rings. The summed E-state index contributed by atoms with van der Waals surface area (Å²) >= 11 is 0. The number of hydrogen-bond donors (Lipinski definition) is 2. The van der Waals surface area contributed by atoms with Crippen LogP contribution in [0.4, 0.5) is 10.5 Å². The minimum absolute atomic E-state index is 0.0173. The Morgan fingerprint density at radius 2 is 1.08 bits per heavy atom. The highest BCUT2D eigenvalue weighted by Gasteiger charge is 2.21. The topological polar surface area (TPSA) is 162 Å². The van der Waals surface area contributed by atoms with Crippen molar-refractivity contribution in [2.24, 2.45) is 0 Å². The fraction of sp³-hybridized carbons (Fsp3) is 0.587. The van der Waals surface area contributed by atoms with E-state index in [2.05, 4.69) is 34.6 Å². The number of hydrogen-bond acceptors (Lipinski definition) is 12. The van der Waals surface area contributed by atoms with Gasteiger partial charge in [-0.25, -0.2) is 4.79 Å². The van der Waals surface area contributed by atoms with E-state index in [9.17, 15) is 14.4 Å². The lowest BCUT2D eigenvalue weighted by atomic mass is 10.0. The summed E-state index contributed by atoms with van der Waals surface area (Å²) in [4.78, 5) is 39.3. The van der Waals surface area contributed by atoms with E-state index in [1.165, 1.54) is 0 Å². The second-order valence-corrected chi connectivity index (χ2v) is 14.1. The smallest absolute Gasteiger partial charge is 0.407 e. The molecule has 0 aromatic heterocycles. The molecule has 0 spiro atoms. The minimum Gasteiger partial charge on any atom is -0.446 e. The summed E-state index contributed by atoms with van der Waals surface area (Å²) in [6, 6.07) is 15.5. The quantitative estimate of drug-likeness (QED) is 0.0619. The minimum atomic E-state index is -0.385. The van der Waals surface area contributed by atoms with Gasteiger partial charge < -0.3 is 58.2 Å². The third-order valence-electron chi connectivity index (χ3n) is 9.42. The molecule has 0 saturated carbocycles. The lowest BCUT2D eigenvalue weighted by molar-refractivity contribution is -0.122. The van der Waals surface area contributed by atoms with E-state index in [0.29, 0.717) is 112 Å². The Morgan fingerprint density at radius 3 is 1.72 bits per heavy atom. The summed E-state index contributed by atoms with van der Waals surface area (Å²) in [5.74, 6) is 6.16. The van der Waals surface area contributed by atoms with Crippen LogP contribution in [-0.4, -0.2) is 143 Å². The summed E-state index contributed by atoms with van der Waals surface area (Å²) in [5.41, 5.74) is 3.46. The van der Waals surface area contributed by atoms with Crippen LogP contribution in [0.3, 0.4) is 0 Å². The Labute approximate surface area is 361 Å². The Hall–Kier alpha value is -4.37. The molecule has 1 unspecified atom stereocenters. The first-order chi connectivity index (χ1) is 30.1. The summed E-state index contributed by atoms with van der Waals surface area (Å²) in [6.07, 6.45) is 9.11. The summed E-state index contributed by atoms with van der Waals surface area (Å²) < 4.78 is 49.5. The number of alkyl carbamates (subject to hydrolysis) is 1. The molecule has 0 saturated heterocycles. The van der Waals surface area contributed by atoms with Crippen molar-refractivity contribution in [3.8, 4) is 11.8 Å². The van der Waals surface area contributed by atoms with Crippen LogP contribution in [0.2, 0.25) is 0 Å². The van der Waals surface area contributed by atoms with Gasteiger partial charge in [0.25, 0.3) is 0 Å². The lowest BCUT2D eigenvalue weighted by Crippen LogP contribution is -2.35. The molecular weight excluding hydrogens is 787 g/mol. The largest absolute Gasteiger partial charge is 0.446 e. The second kappa shape index (κ2) is 32.4. The summed E-state index contributed by atoms with van der Waals surface area (Å²) in [7, 11) is 0. The number of fused-ring (bicyclic) bond motifs is 2. The van der Waals surface area contributed by atoms with Crippen molar-refractivity contribution in [3.05, 3.63) is 77.4 Å². The van der Waals surface area contributed by atoms with Crippen molar-refractivity contribution < 1.29 is 57.0 Å². The first-order valence-electron chi connectivity index (χ1n) is 21.6. The SMILES string of the molecule is O=C(CCOCCOCCOCCOCCOCCOCCOCCOCCNC(=O)OC1CC/C=C\CCC1)NCCC(=O)N1Cc2ccccc2C#Cc2ccccc21. The molecule has 3 amide bonds. The van der Waals surface area contributed by atoms with Crippen molar-refractivity contribution in [2.45, 2.75) is 57.6 Å². The molecule has 15 heteroatoms. The van der Waals surface area contributed by atoms with E-state index >= 15 is 0 Å². The molecule has 15 nitrogen and oxygen atoms in total. The van der Waals surface area contributed by atoms with Crippen LogP contribution < -0.4 is 15.5 Å². The van der Waals surface area contributed by atoms with E-state index in [1.54, 1.807) is 4.90 Å². The molecule has 2 aromatic carbocycles. The normalized spacial score (nSPS) is 15.1. The van der Waals surface area contributed by atoms with Crippen molar-refractivity contribution in [1.82, 2.24) is 10.6 Å². The van der Waals surface area contributed by atoms with E-state index in [0.717, 1.165) is 54.5 Å². The molecule has 61 heavy (non-hydrogen) atoms. The maximum Gasteiger partial charge on any atom is 0.407 e. The highest BCUT2D eigenvalue weighted by Crippen LogP contribution is 2.26. The Morgan fingerprint density at radius 1 is 0.557 bits per heavy atom. The number of allylic oxidation sites excluding steroid dienone is 2. The van der Waals surface area contributed by atoms with Crippen LogP contribution in [0, 0.1) is 11.8 Å². The molecule has 1 aliphatic carbocycles.